The lowest BCUT2D eigenvalue weighted by molar-refractivity contribution is 0.0893. The Balaban J connectivity index is 2.10. The molecule has 0 amide bonds. The van der Waals surface area contributed by atoms with Crippen LogP contribution in [0.1, 0.15) is 33.6 Å². The van der Waals surface area contributed by atoms with Crippen molar-refractivity contribution in [2.75, 3.05) is 59.7 Å². The maximum absolute atomic E-state index is 5.70. The summed E-state index contributed by atoms with van der Waals surface area (Å²) in [5.74, 6) is 1.49. The number of nitrogens with one attached hydrogen (secondary N) is 2. The predicted molar refractivity (Wildman–Crippen MR) is 96.1 cm³/mol. The van der Waals surface area contributed by atoms with E-state index in [9.17, 15) is 0 Å². The zero-order valence-electron chi connectivity index (χ0n) is 15.4. The molecule has 136 valence electrons. The Bertz CT molecular complexity index is 318. The molecule has 0 aromatic carbocycles. The van der Waals surface area contributed by atoms with E-state index in [1.807, 2.05) is 0 Å². The molecule has 6 nitrogen and oxygen atoms in total. The van der Waals surface area contributed by atoms with Gasteiger partial charge in [0.2, 0.25) is 0 Å². The number of likely N-dealkylation sites (N-methyl/N-ethyl adjacent to an activating group) is 1. The maximum atomic E-state index is 5.70. The van der Waals surface area contributed by atoms with Crippen molar-refractivity contribution in [1.29, 1.82) is 0 Å². The topological polar surface area (TPSA) is 58.1 Å². The van der Waals surface area contributed by atoms with Crippen LogP contribution >= 0.6 is 0 Å². The number of hydrogen-bond acceptors (Lipinski definition) is 4. The van der Waals surface area contributed by atoms with Crippen molar-refractivity contribution in [3.05, 3.63) is 0 Å². The van der Waals surface area contributed by atoms with Crippen molar-refractivity contribution in [2.24, 2.45) is 10.9 Å². The lowest BCUT2D eigenvalue weighted by Crippen LogP contribution is -2.42. The van der Waals surface area contributed by atoms with Crippen LogP contribution in [-0.2, 0) is 9.47 Å². The van der Waals surface area contributed by atoms with Gasteiger partial charge in [0.1, 0.15) is 0 Å². The minimum Gasteiger partial charge on any atom is -0.381 e. The highest BCUT2D eigenvalue weighted by Crippen LogP contribution is 2.12. The number of hydrogen-bond donors (Lipinski definition) is 2. The Morgan fingerprint density at radius 1 is 1.39 bits per heavy atom. The summed E-state index contributed by atoms with van der Waals surface area (Å²) in [7, 11) is 2.14. The summed E-state index contributed by atoms with van der Waals surface area (Å²) in [4.78, 5) is 6.91. The zero-order chi connectivity index (χ0) is 16.9. The number of nitrogens with zero attached hydrogens (tertiary/aromatic N) is 2. The summed E-state index contributed by atoms with van der Waals surface area (Å²) in [6.07, 6.45) is 2.09. The van der Waals surface area contributed by atoms with Crippen LogP contribution in [0.5, 0.6) is 0 Å². The fourth-order valence-corrected chi connectivity index (χ4v) is 2.27. The molecule has 1 rings (SSSR count). The third kappa shape index (κ3) is 9.79. The van der Waals surface area contributed by atoms with E-state index in [1.54, 1.807) is 0 Å². The Morgan fingerprint density at radius 2 is 2.22 bits per heavy atom. The molecule has 0 aromatic rings. The summed E-state index contributed by atoms with van der Waals surface area (Å²) in [5.41, 5.74) is 0. The fourth-order valence-electron chi connectivity index (χ4n) is 2.27. The van der Waals surface area contributed by atoms with Gasteiger partial charge in [0.25, 0.3) is 0 Å². The van der Waals surface area contributed by atoms with Crippen molar-refractivity contribution in [1.82, 2.24) is 15.5 Å². The Kier molecular flexibility index (Phi) is 11.0. The van der Waals surface area contributed by atoms with E-state index in [0.29, 0.717) is 12.0 Å². The lowest BCUT2D eigenvalue weighted by atomic mass is 10.1. The molecule has 0 aliphatic carbocycles. The number of rotatable bonds is 11. The van der Waals surface area contributed by atoms with Gasteiger partial charge in [-0.15, -0.1) is 0 Å². The summed E-state index contributed by atoms with van der Waals surface area (Å²) in [6, 6.07) is 0.568. The SMILES string of the molecule is CCNC(=NCCCOCC1CCOC1)NCCN(C)C(C)C. The van der Waals surface area contributed by atoms with Crippen LogP contribution in [0.2, 0.25) is 0 Å². The Hall–Kier alpha value is -0.850. The Labute approximate surface area is 142 Å². The van der Waals surface area contributed by atoms with Crippen molar-refractivity contribution < 1.29 is 9.47 Å². The van der Waals surface area contributed by atoms with Gasteiger partial charge in [0.15, 0.2) is 5.96 Å². The molecule has 1 saturated heterocycles. The van der Waals surface area contributed by atoms with Crippen LogP contribution in [0.15, 0.2) is 4.99 Å². The minimum absolute atomic E-state index is 0.568. The molecule has 23 heavy (non-hydrogen) atoms. The molecule has 1 fully saturated rings. The zero-order valence-corrected chi connectivity index (χ0v) is 15.4. The second-order valence-electron chi connectivity index (χ2n) is 6.42. The van der Waals surface area contributed by atoms with Crippen LogP contribution in [0, 0.1) is 5.92 Å². The van der Waals surface area contributed by atoms with Crippen molar-refractivity contribution in [3.8, 4) is 0 Å². The van der Waals surface area contributed by atoms with E-state index in [2.05, 4.69) is 48.3 Å². The van der Waals surface area contributed by atoms with Gasteiger partial charge < -0.3 is 25.0 Å². The van der Waals surface area contributed by atoms with Crippen LogP contribution in [0.25, 0.3) is 0 Å². The molecule has 0 bridgehead atoms. The van der Waals surface area contributed by atoms with Gasteiger partial charge in [0, 0.05) is 51.4 Å². The first-order valence-electron chi connectivity index (χ1n) is 9.01. The molecule has 1 aliphatic rings. The van der Waals surface area contributed by atoms with Crippen LogP contribution in [-0.4, -0.2) is 76.6 Å². The molecule has 0 radical (unpaired) electrons. The normalized spacial score (nSPS) is 18.9. The first-order chi connectivity index (χ1) is 11.1. The number of aliphatic imine (C=N–C) groups is 1. The monoisotopic (exact) mass is 328 g/mol. The molecule has 1 aliphatic heterocycles. The van der Waals surface area contributed by atoms with Gasteiger partial charge >= 0.3 is 0 Å². The van der Waals surface area contributed by atoms with E-state index in [4.69, 9.17) is 9.47 Å². The van der Waals surface area contributed by atoms with Crippen molar-refractivity contribution in [2.45, 2.75) is 39.7 Å². The summed E-state index contributed by atoms with van der Waals surface area (Å²) < 4.78 is 11.0. The van der Waals surface area contributed by atoms with Gasteiger partial charge in [-0.2, -0.15) is 0 Å². The van der Waals surface area contributed by atoms with E-state index >= 15 is 0 Å². The maximum Gasteiger partial charge on any atom is 0.191 e. The molecular formula is C17H36N4O2. The highest BCUT2D eigenvalue weighted by atomic mass is 16.5. The standard InChI is InChI=1S/C17H36N4O2/c1-5-18-17(20-9-10-21(4)15(2)3)19-8-6-11-22-13-16-7-12-23-14-16/h15-16H,5-14H2,1-4H3,(H2,18,19,20). The van der Waals surface area contributed by atoms with Crippen LogP contribution in [0.4, 0.5) is 0 Å². The third-order valence-electron chi connectivity index (χ3n) is 4.08. The number of ether oxygens (including phenoxy) is 2. The van der Waals surface area contributed by atoms with Gasteiger partial charge in [-0.3, -0.25) is 4.99 Å². The molecule has 6 heteroatoms. The average molecular weight is 329 g/mol. The van der Waals surface area contributed by atoms with Gasteiger partial charge in [-0.1, -0.05) is 0 Å². The molecule has 0 saturated carbocycles. The number of guanidine groups is 1. The summed E-state index contributed by atoms with van der Waals surface area (Å²) in [5, 5.41) is 6.67. The quantitative estimate of drug-likeness (QED) is 0.340. The molecule has 2 N–H and O–H groups in total. The fraction of sp³-hybridized carbons (Fsp3) is 0.941. The molecular weight excluding hydrogens is 292 g/mol. The Morgan fingerprint density at radius 3 is 2.87 bits per heavy atom. The van der Waals surface area contributed by atoms with E-state index < -0.39 is 0 Å². The average Bonchev–Trinajstić information content (AvgIpc) is 3.03. The molecule has 0 spiro atoms. The van der Waals surface area contributed by atoms with E-state index in [-0.39, 0.29) is 0 Å². The van der Waals surface area contributed by atoms with Crippen molar-refractivity contribution in [3.63, 3.8) is 0 Å². The molecule has 0 aromatic heterocycles. The third-order valence-corrected chi connectivity index (χ3v) is 4.08. The summed E-state index contributed by atoms with van der Waals surface area (Å²) in [6.45, 7) is 13.4. The molecule has 1 unspecified atom stereocenters. The molecule has 1 heterocycles. The van der Waals surface area contributed by atoms with Crippen LogP contribution < -0.4 is 10.6 Å². The smallest absolute Gasteiger partial charge is 0.191 e. The van der Waals surface area contributed by atoms with Gasteiger partial charge in [-0.25, -0.2) is 0 Å². The van der Waals surface area contributed by atoms with E-state index in [1.165, 1.54) is 0 Å². The first kappa shape index (κ1) is 20.2. The predicted octanol–water partition coefficient (Wildman–Crippen LogP) is 1.32. The second kappa shape index (κ2) is 12.6. The first-order valence-corrected chi connectivity index (χ1v) is 9.01. The van der Waals surface area contributed by atoms with Crippen LogP contribution in [0.3, 0.4) is 0 Å². The van der Waals surface area contributed by atoms with Gasteiger partial charge in [-0.05, 0) is 40.7 Å². The highest BCUT2D eigenvalue weighted by molar-refractivity contribution is 5.79. The second-order valence-corrected chi connectivity index (χ2v) is 6.42. The van der Waals surface area contributed by atoms with Gasteiger partial charge in [0.05, 0.1) is 13.2 Å². The lowest BCUT2D eigenvalue weighted by Gasteiger charge is -2.21. The van der Waals surface area contributed by atoms with E-state index in [0.717, 1.165) is 71.4 Å². The highest BCUT2D eigenvalue weighted by Gasteiger charge is 2.15. The summed E-state index contributed by atoms with van der Waals surface area (Å²) >= 11 is 0. The minimum atomic E-state index is 0.568. The largest absolute Gasteiger partial charge is 0.381 e. The van der Waals surface area contributed by atoms with Crippen molar-refractivity contribution >= 4 is 5.96 Å². The molecule has 1 atom stereocenters.